The lowest BCUT2D eigenvalue weighted by atomic mass is 9.96. The van der Waals surface area contributed by atoms with Gasteiger partial charge in [0.05, 0.1) is 12.8 Å². The first-order valence-corrected chi connectivity index (χ1v) is 12.2. The number of benzene rings is 3. The van der Waals surface area contributed by atoms with Crippen LogP contribution < -0.4 is 10.2 Å². The predicted octanol–water partition coefficient (Wildman–Crippen LogP) is 4.90. The average molecular weight is 464 g/mol. The Morgan fingerprint density at radius 3 is 2.34 bits per heavy atom. The molecule has 0 radical (unpaired) electrons. The lowest BCUT2D eigenvalue weighted by Gasteiger charge is -2.41. The largest absolute Gasteiger partial charge is 0.392 e. The highest BCUT2D eigenvalue weighted by atomic mass is 16.3. The fourth-order valence-corrected chi connectivity index (χ4v) is 5.42. The van der Waals surface area contributed by atoms with Gasteiger partial charge in [-0.15, -0.1) is 0 Å². The van der Waals surface area contributed by atoms with Crippen LogP contribution in [0.15, 0.2) is 79.3 Å². The second kappa shape index (κ2) is 8.80. The summed E-state index contributed by atoms with van der Waals surface area (Å²) >= 11 is 0. The van der Waals surface area contributed by atoms with Crippen molar-refractivity contribution in [1.82, 2.24) is 19.9 Å². The molecule has 0 aliphatic carbocycles. The van der Waals surface area contributed by atoms with Crippen LogP contribution in [0.4, 0.5) is 5.69 Å². The number of nitrogens with zero attached hydrogens (tertiary/aromatic N) is 4. The minimum absolute atomic E-state index is 0.0163. The molecular formula is C29H29N5O. The van der Waals surface area contributed by atoms with E-state index in [9.17, 15) is 5.11 Å². The molecule has 0 saturated carbocycles. The van der Waals surface area contributed by atoms with Crippen molar-refractivity contribution in [2.45, 2.75) is 32.5 Å². The molecule has 176 valence electrons. The fourth-order valence-electron chi connectivity index (χ4n) is 5.42. The predicted molar refractivity (Wildman–Crippen MR) is 142 cm³/mol. The Labute approximate surface area is 204 Å². The number of aromatic nitrogens is 3. The smallest absolute Gasteiger partial charge is 0.162 e. The van der Waals surface area contributed by atoms with Gasteiger partial charge in [0.25, 0.3) is 0 Å². The van der Waals surface area contributed by atoms with Gasteiger partial charge in [0.15, 0.2) is 5.65 Å². The van der Waals surface area contributed by atoms with Crippen LogP contribution in [0, 0.1) is 0 Å². The third-order valence-electron chi connectivity index (χ3n) is 7.16. The van der Waals surface area contributed by atoms with Gasteiger partial charge in [0.1, 0.15) is 0 Å². The summed E-state index contributed by atoms with van der Waals surface area (Å²) in [6, 6.07) is 21.9. The van der Waals surface area contributed by atoms with Crippen LogP contribution in [0.5, 0.6) is 0 Å². The van der Waals surface area contributed by atoms with Gasteiger partial charge in [-0.25, -0.2) is 9.50 Å². The van der Waals surface area contributed by atoms with Crippen molar-refractivity contribution in [3.05, 3.63) is 84.8 Å². The Hall–Kier alpha value is -3.74. The molecule has 2 N–H and O–H groups in total. The number of anilines is 1. The van der Waals surface area contributed by atoms with Gasteiger partial charge in [-0.05, 0) is 53.4 Å². The number of rotatable bonds is 4. The molecule has 2 atom stereocenters. The van der Waals surface area contributed by atoms with Gasteiger partial charge in [-0.1, -0.05) is 48.5 Å². The fraction of sp³-hybridized carbons (Fsp3) is 0.241. The maximum Gasteiger partial charge on any atom is 0.162 e. The summed E-state index contributed by atoms with van der Waals surface area (Å²) < 4.78 is 1.85. The normalized spacial score (nSPS) is 18.4. The number of hydrogen-bond donors (Lipinski definition) is 2. The van der Waals surface area contributed by atoms with Crippen molar-refractivity contribution < 1.29 is 5.11 Å². The van der Waals surface area contributed by atoms with E-state index in [-0.39, 0.29) is 6.61 Å². The van der Waals surface area contributed by atoms with E-state index in [1.165, 1.54) is 5.69 Å². The van der Waals surface area contributed by atoms with Crippen LogP contribution in [-0.4, -0.2) is 44.9 Å². The number of piperazine rings is 1. The number of nitrogens with one attached hydrogen (secondary N) is 1. The Kier molecular flexibility index (Phi) is 5.47. The summed E-state index contributed by atoms with van der Waals surface area (Å²) in [5.74, 6) is 0. The molecule has 2 aromatic heterocycles. The minimum atomic E-state index is 0.0163. The van der Waals surface area contributed by atoms with Crippen molar-refractivity contribution in [3.63, 3.8) is 0 Å². The minimum Gasteiger partial charge on any atom is -0.392 e. The Bertz CT molecular complexity index is 1500. The summed E-state index contributed by atoms with van der Waals surface area (Å²) in [6.45, 7) is 6.57. The molecule has 1 aliphatic rings. The first-order valence-electron chi connectivity index (χ1n) is 12.2. The van der Waals surface area contributed by atoms with Crippen LogP contribution in [0.2, 0.25) is 0 Å². The van der Waals surface area contributed by atoms with Gasteiger partial charge < -0.3 is 15.3 Å². The number of fused-ring (bicyclic) bond motifs is 2. The van der Waals surface area contributed by atoms with Crippen molar-refractivity contribution in [2.75, 3.05) is 18.0 Å². The van der Waals surface area contributed by atoms with Crippen LogP contribution in [0.25, 0.3) is 38.7 Å². The van der Waals surface area contributed by atoms with E-state index in [2.05, 4.69) is 65.6 Å². The molecule has 0 spiro atoms. The molecule has 3 heterocycles. The van der Waals surface area contributed by atoms with E-state index in [1.54, 1.807) is 0 Å². The molecule has 6 heteroatoms. The van der Waals surface area contributed by atoms with Gasteiger partial charge in [-0.2, -0.15) is 5.10 Å². The maximum atomic E-state index is 9.75. The molecule has 1 aliphatic heterocycles. The van der Waals surface area contributed by atoms with E-state index in [0.717, 1.165) is 57.3 Å². The SMILES string of the molecule is CC1CNCC(C)N1c1ccc(-c2cnc3c(-c4ccc(CO)c5ccccc45)cnn3c2)cc1. The van der Waals surface area contributed by atoms with Crippen molar-refractivity contribution >= 4 is 22.1 Å². The zero-order chi connectivity index (χ0) is 23.9. The van der Waals surface area contributed by atoms with E-state index < -0.39 is 0 Å². The molecule has 0 amide bonds. The quantitative estimate of drug-likeness (QED) is 0.397. The summed E-state index contributed by atoms with van der Waals surface area (Å²) in [5, 5.41) is 20.0. The average Bonchev–Trinajstić information content (AvgIpc) is 3.31. The molecule has 35 heavy (non-hydrogen) atoms. The zero-order valence-electron chi connectivity index (χ0n) is 20.0. The molecule has 6 nitrogen and oxygen atoms in total. The lowest BCUT2D eigenvalue weighted by molar-refractivity contribution is 0.283. The topological polar surface area (TPSA) is 65.7 Å². The van der Waals surface area contributed by atoms with Crippen LogP contribution in [-0.2, 0) is 6.61 Å². The van der Waals surface area contributed by atoms with Crippen LogP contribution in [0.1, 0.15) is 19.4 Å². The molecule has 0 bridgehead atoms. The van der Waals surface area contributed by atoms with Gasteiger partial charge in [0.2, 0.25) is 0 Å². The van der Waals surface area contributed by atoms with Crippen LogP contribution >= 0.6 is 0 Å². The summed E-state index contributed by atoms with van der Waals surface area (Å²) in [4.78, 5) is 7.31. The monoisotopic (exact) mass is 463 g/mol. The standard InChI is InChI=1S/C29H29N5O/c1-19-13-30-14-20(2)34(19)24-10-7-21(8-11-24)23-15-31-29-28(16-32-33(29)17-23)27-12-9-22(18-35)25-5-3-4-6-26(25)27/h3-12,15-17,19-20,30,35H,13-14,18H2,1-2H3. The number of aliphatic hydroxyl groups excluding tert-OH is 1. The van der Waals surface area contributed by atoms with E-state index in [0.29, 0.717) is 12.1 Å². The van der Waals surface area contributed by atoms with E-state index in [1.807, 2.05) is 47.4 Å². The third-order valence-corrected chi connectivity index (χ3v) is 7.16. The van der Waals surface area contributed by atoms with Crippen molar-refractivity contribution in [1.29, 1.82) is 0 Å². The molecule has 1 fully saturated rings. The summed E-state index contributed by atoms with van der Waals surface area (Å²) in [7, 11) is 0. The Morgan fingerprint density at radius 1 is 0.857 bits per heavy atom. The Morgan fingerprint density at radius 2 is 1.60 bits per heavy atom. The zero-order valence-corrected chi connectivity index (χ0v) is 20.0. The first-order chi connectivity index (χ1) is 17.1. The second-order valence-electron chi connectivity index (χ2n) is 9.46. The lowest BCUT2D eigenvalue weighted by Crippen LogP contribution is -2.55. The molecular weight excluding hydrogens is 434 g/mol. The molecule has 6 rings (SSSR count). The second-order valence-corrected chi connectivity index (χ2v) is 9.46. The van der Waals surface area contributed by atoms with Crippen molar-refractivity contribution in [2.24, 2.45) is 0 Å². The highest BCUT2D eigenvalue weighted by Gasteiger charge is 2.24. The van der Waals surface area contributed by atoms with Gasteiger partial charge >= 0.3 is 0 Å². The van der Waals surface area contributed by atoms with Crippen molar-refractivity contribution in [3.8, 4) is 22.3 Å². The highest BCUT2D eigenvalue weighted by molar-refractivity contribution is 6.01. The number of hydrogen-bond acceptors (Lipinski definition) is 5. The highest BCUT2D eigenvalue weighted by Crippen LogP contribution is 2.33. The summed E-state index contributed by atoms with van der Waals surface area (Å²) in [5.41, 5.74) is 7.18. The van der Waals surface area contributed by atoms with Crippen LogP contribution in [0.3, 0.4) is 0 Å². The molecule has 5 aromatic rings. The first kappa shape index (κ1) is 21.8. The number of aliphatic hydroxyl groups is 1. The maximum absolute atomic E-state index is 9.75. The van der Waals surface area contributed by atoms with Gasteiger partial charge in [0, 0.05) is 54.4 Å². The van der Waals surface area contributed by atoms with E-state index >= 15 is 0 Å². The molecule has 3 aromatic carbocycles. The third kappa shape index (κ3) is 3.75. The molecule has 2 unspecified atom stereocenters. The Balaban J connectivity index is 1.35. The summed E-state index contributed by atoms with van der Waals surface area (Å²) in [6.07, 6.45) is 5.85. The van der Waals surface area contributed by atoms with E-state index in [4.69, 9.17) is 4.98 Å². The van der Waals surface area contributed by atoms with Gasteiger partial charge in [-0.3, -0.25) is 0 Å². The molecule has 1 saturated heterocycles.